The molecule has 0 atom stereocenters. The number of anilines is 3. The molecule has 1 heteroatoms. The second-order valence-electron chi connectivity index (χ2n) is 21.7. The van der Waals surface area contributed by atoms with Crippen LogP contribution in [0.25, 0.3) is 55.6 Å². The number of hydrogen-bond donors (Lipinski definition) is 0. The van der Waals surface area contributed by atoms with Crippen LogP contribution >= 0.6 is 0 Å². The van der Waals surface area contributed by atoms with E-state index in [9.17, 15) is 0 Å². The first-order valence-corrected chi connectivity index (χ1v) is 24.1. The highest BCUT2D eigenvalue weighted by Gasteiger charge is 2.52. The van der Waals surface area contributed by atoms with Gasteiger partial charge >= 0.3 is 0 Å². The van der Waals surface area contributed by atoms with Gasteiger partial charge < -0.3 is 4.90 Å². The van der Waals surface area contributed by atoms with Gasteiger partial charge in [0, 0.05) is 22.2 Å². The zero-order valence-corrected chi connectivity index (χ0v) is 40.0. The van der Waals surface area contributed by atoms with Gasteiger partial charge in [0.25, 0.3) is 0 Å². The van der Waals surface area contributed by atoms with Crippen molar-refractivity contribution in [3.63, 3.8) is 0 Å². The van der Waals surface area contributed by atoms with Crippen LogP contribution in [0.15, 0.2) is 200 Å². The van der Waals surface area contributed by atoms with Crippen LogP contribution in [0, 0.1) is 0 Å². The van der Waals surface area contributed by atoms with Crippen molar-refractivity contribution < 1.29 is 0 Å². The van der Waals surface area contributed by atoms with Gasteiger partial charge in [0.2, 0.25) is 0 Å². The van der Waals surface area contributed by atoms with Crippen molar-refractivity contribution >= 4 is 17.1 Å². The maximum absolute atomic E-state index is 2.56. The van der Waals surface area contributed by atoms with Crippen molar-refractivity contribution in [1.82, 2.24) is 0 Å². The number of rotatable bonds is 5. The van der Waals surface area contributed by atoms with Gasteiger partial charge in [0.1, 0.15) is 0 Å². The van der Waals surface area contributed by atoms with Crippen molar-refractivity contribution in [1.29, 1.82) is 0 Å². The van der Waals surface area contributed by atoms with E-state index in [2.05, 4.69) is 260 Å². The molecule has 12 rings (SSSR count). The first kappa shape index (κ1) is 41.2. The molecule has 0 saturated heterocycles. The van der Waals surface area contributed by atoms with Gasteiger partial charge in [-0.2, -0.15) is 0 Å². The third kappa shape index (κ3) is 5.93. The Hall–Kier alpha value is -7.22. The monoisotopic (exact) mass is 863 g/mol. The Morgan fingerprint density at radius 1 is 0.343 bits per heavy atom. The van der Waals surface area contributed by atoms with Crippen LogP contribution in [-0.4, -0.2) is 0 Å². The molecule has 0 unspecified atom stereocenters. The van der Waals surface area contributed by atoms with E-state index in [0.717, 1.165) is 17.1 Å². The first-order chi connectivity index (χ1) is 32.3. The lowest BCUT2D eigenvalue weighted by Gasteiger charge is -2.33. The highest BCUT2D eigenvalue weighted by atomic mass is 15.1. The Kier molecular flexibility index (Phi) is 9.01. The van der Waals surface area contributed by atoms with Crippen molar-refractivity contribution in [3.05, 3.63) is 245 Å². The maximum atomic E-state index is 2.56. The van der Waals surface area contributed by atoms with E-state index in [4.69, 9.17) is 0 Å². The predicted molar refractivity (Wildman–Crippen MR) is 283 cm³/mol. The summed E-state index contributed by atoms with van der Waals surface area (Å²) in [6, 6.07) is 75.8. The highest BCUT2D eigenvalue weighted by Crippen LogP contribution is 2.64. The maximum Gasteiger partial charge on any atom is 0.0726 e. The molecule has 326 valence electrons. The van der Waals surface area contributed by atoms with Crippen molar-refractivity contribution in [2.45, 2.75) is 77.0 Å². The van der Waals surface area contributed by atoms with E-state index in [1.807, 2.05) is 0 Å². The van der Waals surface area contributed by atoms with E-state index >= 15 is 0 Å². The van der Waals surface area contributed by atoms with Crippen molar-refractivity contribution in [3.8, 4) is 55.6 Å². The molecule has 0 fully saturated rings. The Morgan fingerprint density at radius 3 is 1.40 bits per heavy atom. The average molecular weight is 864 g/mol. The zero-order valence-electron chi connectivity index (χ0n) is 40.0. The number of benzene rings is 9. The van der Waals surface area contributed by atoms with Crippen LogP contribution in [-0.2, 0) is 21.7 Å². The molecule has 0 aromatic heterocycles. The molecule has 3 aliphatic carbocycles. The summed E-state index contributed by atoms with van der Waals surface area (Å²) < 4.78 is 0. The van der Waals surface area contributed by atoms with Gasteiger partial charge in [-0.25, -0.2) is 0 Å². The second-order valence-corrected chi connectivity index (χ2v) is 21.7. The number of nitrogens with zero attached hydrogens (tertiary/aromatic N) is 1. The molecule has 3 aliphatic rings. The fourth-order valence-corrected chi connectivity index (χ4v) is 12.2. The molecular weight excluding hydrogens is 807 g/mol. The number of fused-ring (bicyclic) bond motifs is 13. The summed E-state index contributed by atoms with van der Waals surface area (Å²) >= 11 is 0. The highest BCUT2D eigenvalue weighted by molar-refractivity contribution is 6.02. The van der Waals surface area contributed by atoms with Crippen LogP contribution in [0.4, 0.5) is 17.1 Å². The molecular formula is C66H57N. The van der Waals surface area contributed by atoms with E-state index in [1.54, 1.807) is 0 Å². The Balaban J connectivity index is 1.16. The van der Waals surface area contributed by atoms with Gasteiger partial charge in [0.15, 0.2) is 0 Å². The van der Waals surface area contributed by atoms with Crippen LogP contribution in [0.3, 0.4) is 0 Å². The summed E-state index contributed by atoms with van der Waals surface area (Å²) in [6.45, 7) is 19.1. The van der Waals surface area contributed by atoms with E-state index in [1.165, 1.54) is 100 Å². The normalized spacial score (nSPS) is 14.5. The molecule has 0 bridgehead atoms. The third-order valence-corrected chi connectivity index (χ3v) is 15.4. The largest absolute Gasteiger partial charge is 0.309 e. The molecule has 1 spiro atoms. The minimum absolute atomic E-state index is 0.0143. The molecule has 0 heterocycles. The van der Waals surface area contributed by atoms with E-state index in [-0.39, 0.29) is 16.2 Å². The lowest BCUT2D eigenvalue weighted by molar-refractivity contribution is 0.564. The molecule has 1 nitrogen and oxygen atoms in total. The van der Waals surface area contributed by atoms with Crippen LogP contribution in [0.2, 0.25) is 0 Å². The lowest BCUT2D eigenvalue weighted by Crippen LogP contribution is -2.26. The fraction of sp³-hybridized carbons (Fsp3) is 0.182. The molecule has 0 amide bonds. The summed E-state index contributed by atoms with van der Waals surface area (Å²) in [5.74, 6) is 0. The SMILES string of the molecule is CC(C)(C)c1cc(C(C)(C)C)c2c(c1)C(C)(C)c1cccc(-c3ccccc3N(c3ccc4c(c3)C3(c5ccccc5-c5ccccc53)c3ccccc3-4)c3ccccc3-c3ccccc3)c1-2. The predicted octanol–water partition coefficient (Wildman–Crippen LogP) is 17.7. The molecule has 0 saturated carbocycles. The van der Waals surface area contributed by atoms with Crippen LogP contribution < -0.4 is 4.90 Å². The Labute approximate surface area is 397 Å². The average Bonchev–Trinajstić information content (AvgIpc) is 3.90. The molecule has 0 aliphatic heterocycles. The van der Waals surface area contributed by atoms with Gasteiger partial charge in [-0.1, -0.05) is 231 Å². The molecule has 0 radical (unpaired) electrons. The summed E-state index contributed by atoms with van der Waals surface area (Å²) in [5.41, 5.74) is 26.5. The topological polar surface area (TPSA) is 3.24 Å². The standard InChI is InChI=1S/C66H57N/c1-63(2,3)43-39-57(64(4,5)6)62-58(40-43)65(7,8)55-34-22-30-51(61(55)62)50-29-16-21-36-60(50)67(59-35-20-15-25-45(59)42-23-10-9-11-24-42)44-37-38-49-48-28-14-19-33-54(48)66(56(49)41-44)52-31-17-12-26-46(52)47-27-13-18-32-53(47)66/h9-41H,1-8H3. The summed E-state index contributed by atoms with van der Waals surface area (Å²) in [4.78, 5) is 2.56. The van der Waals surface area contributed by atoms with Gasteiger partial charge in [-0.05, 0) is 124 Å². The molecule has 9 aromatic carbocycles. The minimum atomic E-state index is -0.468. The number of para-hydroxylation sites is 2. The Bertz CT molecular complexity index is 3400. The zero-order chi connectivity index (χ0) is 46.0. The van der Waals surface area contributed by atoms with Crippen molar-refractivity contribution in [2.75, 3.05) is 4.90 Å². The second kappa shape index (κ2) is 14.6. The van der Waals surface area contributed by atoms with Gasteiger partial charge in [-0.15, -0.1) is 0 Å². The Morgan fingerprint density at radius 2 is 0.821 bits per heavy atom. The fourth-order valence-electron chi connectivity index (χ4n) is 12.2. The van der Waals surface area contributed by atoms with Crippen molar-refractivity contribution in [2.24, 2.45) is 0 Å². The first-order valence-electron chi connectivity index (χ1n) is 24.1. The van der Waals surface area contributed by atoms with Crippen LogP contribution in [0.5, 0.6) is 0 Å². The molecule has 67 heavy (non-hydrogen) atoms. The molecule has 9 aromatic rings. The van der Waals surface area contributed by atoms with E-state index < -0.39 is 5.41 Å². The minimum Gasteiger partial charge on any atom is -0.309 e. The lowest BCUT2D eigenvalue weighted by atomic mass is 9.70. The van der Waals surface area contributed by atoms with Crippen LogP contribution in [0.1, 0.15) is 99.9 Å². The smallest absolute Gasteiger partial charge is 0.0726 e. The van der Waals surface area contributed by atoms with Gasteiger partial charge in [0.05, 0.1) is 16.8 Å². The summed E-state index contributed by atoms with van der Waals surface area (Å²) in [5, 5.41) is 0. The summed E-state index contributed by atoms with van der Waals surface area (Å²) in [7, 11) is 0. The van der Waals surface area contributed by atoms with E-state index in [0.29, 0.717) is 0 Å². The summed E-state index contributed by atoms with van der Waals surface area (Å²) in [6.07, 6.45) is 0. The molecule has 0 N–H and O–H groups in total. The quantitative estimate of drug-likeness (QED) is 0.167. The third-order valence-electron chi connectivity index (χ3n) is 15.4. The van der Waals surface area contributed by atoms with Gasteiger partial charge in [-0.3, -0.25) is 0 Å². The number of hydrogen-bond acceptors (Lipinski definition) is 1.